The van der Waals surface area contributed by atoms with E-state index < -0.39 is 0 Å². The maximum Gasteiger partial charge on any atom is 0.257 e. The van der Waals surface area contributed by atoms with Crippen molar-refractivity contribution in [2.45, 2.75) is 6.42 Å². The summed E-state index contributed by atoms with van der Waals surface area (Å²) in [4.78, 5) is 22.8. The number of amides is 1. The smallest absolute Gasteiger partial charge is 0.257 e. The summed E-state index contributed by atoms with van der Waals surface area (Å²) in [6, 6.07) is 12.9. The van der Waals surface area contributed by atoms with Gasteiger partial charge in [0, 0.05) is 42.9 Å². The minimum atomic E-state index is -0.218. The number of likely N-dealkylation sites (N-methyl/N-ethyl adjacent to an activating group) is 1. The highest BCUT2D eigenvalue weighted by Crippen LogP contribution is 2.18. The number of nitrogens with one attached hydrogen (secondary N) is 1. The van der Waals surface area contributed by atoms with Crippen molar-refractivity contribution < 1.29 is 4.79 Å². The lowest BCUT2D eigenvalue weighted by atomic mass is 10.2. The summed E-state index contributed by atoms with van der Waals surface area (Å²) in [6.07, 6.45) is 7.77. The number of hydrogen-bond donors (Lipinski definition) is 1. The van der Waals surface area contributed by atoms with Gasteiger partial charge in [-0.3, -0.25) is 14.8 Å². The molecule has 2 aromatic heterocycles. The lowest BCUT2D eigenvalue weighted by Crippen LogP contribution is -2.21. The van der Waals surface area contributed by atoms with Crippen LogP contribution in [-0.2, 0) is 6.42 Å². The van der Waals surface area contributed by atoms with Crippen LogP contribution < -0.4 is 10.2 Å². The molecule has 6 heteroatoms. The minimum absolute atomic E-state index is 0.218. The highest BCUT2D eigenvalue weighted by Gasteiger charge is 2.10. The molecule has 26 heavy (non-hydrogen) atoms. The lowest BCUT2D eigenvalue weighted by Gasteiger charge is -2.19. The fourth-order valence-corrected chi connectivity index (χ4v) is 2.70. The van der Waals surface area contributed by atoms with Gasteiger partial charge in [0.05, 0.1) is 17.4 Å². The molecule has 5 nitrogen and oxygen atoms in total. The molecule has 0 fully saturated rings. The van der Waals surface area contributed by atoms with E-state index in [1.165, 1.54) is 5.56 Å². The van der Waals surface area contributed by atoms with Crippen LogP contribution >= 0.6 is 11.6 Å². The Labute approximate surface area is 157 Å². The van der Waals surface area contributed by atoms with Gasteiger partial charge in [-0.05, 0) is 48.4 Å². The molecule has 0 radical (unpaired) electrons. The number of halogens is 1. The molecule has 3 rings (SSSR count). The third-order valence-electron chi connectivity index (χ3n) is 3.99. The molecule has 0 bridgehead atoms. The van der Waals surface area contributed by atoms with Crippen molar-refractivity contribution in [2.24, 2.45) is 0 Å². The van der Waals surface area contributed by atoms with Gasteiger partial charge in [0.25, 0.3) is 5.91 Å². The first-order valence-corrected chi connectivity index (χ1v) is 8.61. The fourth-order valence-electron chi connectivity index (χ4n) is 2.51. The second-order valence-corrected chi connectivity index (χ2v) is 6.36. The molecule has 0 saturated carbocycles. The SMILES string of the molecule is CN(CCc1ccncc1)c1cncc(C(=O)Nc2cccc(Cl)c2)c1. The number of hydrogen-bond acceptors (Lipinski definition) is 4. The Hall–Kier alpha value is -2.92. The van der Waals surface area contributed by atoms with Crippen LogP contribution in [0.5, 0.6) is 0 Å². The van der Waals surface area contributed by atoms with Crippen LogP contribution in [-0.4, -0.2) is 29.5 Å². The Morgan fingerprint density at radius 2 is 1.92 bits per heavy atom. The third-order valence-corrected chi connectivity index (χ3v) is 4.23. The standard InChI is InChI=1S/C20H19ClN4O/c1-25(10-7-15-5-8-22-9-6-15)19-11-16(13-23-14-19)20(26)24-18-4-2-3-17(21)12-18/h2-6,8-9,11-14H,7,10H2,1H3,(H,24,26). The molecule has 132 valence electrons. The number of carbonyl (C=O) groups excluding carboxylic acids is 1. The van der Waals surface area contributed by atoms with Crippen LogP contribution in [0.3, 0.4) is 0 Å². The van der Waals surface area contributed by atoms with Crippen molar-refractivity contribution in [3.63, 3.8) is 0 Å². The normalized spacial score (nSPS) is 10.4. The Balaban J connectivity index is 1.66. The summed E-state index contributed by atoms with van der Waals surface area (Å²) in [5.41, 5.74) is 3.25. The molecule has 1 amide bonds. The van der Waals surface area contributed by atoms with Gasteiger partial charge in [0.1, 0.15) is 0 Å². The second kappa shape index (κ2) is 8.45. The van der Waals surface area contributed by atoms with Crippen molar-refractivity contribution in [2.75, 3.05) is 23.8 Å². The van der Waals surface area contributed by atoms with Crippen molar-refractivity contribution in [3.05, 3.63) is 83.4 Å². The largest absolute Gasteiger partial charge is 0.373 e. The highest BCUT2D eigenvalue weighted by atomic mass is 35.5. The predicted octanol–water partition coefficient (Wildman–Crippen LogP) is 4.06. The maximum atomic E-state index is 12.5. The quantitative estimate of drug-likeness (QED) is 0.714. The van der Waals surface area contributed by atoms with Gasteiger partial charge in [-0.1, -0.05) is 17.7 Å². The number of aromatic nitrogens is 2. The third kappa shape index (κ3) is 4.80. The molecule has 0 aliphatic heterocycles. The van der Waals surface area contributed by atoms with Crippen LogP contribution in [0.1, 0.15) is 15.9 Å². The molecule has 0 aliphatic rings. The van der Waals surface area contributed by atoms with Crippen LogP contribution in [0.2, 0.25) is 5.02 Å². The minimum Gasteiger partial charge on any atom is -0.373 e. The molecule has 2 heterocycles. The summed E-state index contributed by atoms with van der Waals surface area (Å²) < 4.78 is 0. The molecule has 0 aliphatic carbocycles. The first-order chi connectivity index (χ1) is 12.6. The average Bonchev–Trinajstić information content (AvgIpc) is 2.67. The molecule has 0 saturated heterocycles. The molecule has 1 N–H and O–H groups in total. The van der Waals surface area contributed by atoms with Gasteiger partial charge in [-0.15, -0.1) is 0 Å². The summed E-state index contributed by atoms with van der Waals surface area (Å²) in [6.45, 7) is 0.811. The average molecular weight is 367 g/mol. The zero-order valence-corrected chi connectivity index (χ0v) is 15.1. The van der Waals surface area contributed by atoms with Gasteiger partial charge in [-0.25, -0.2) is 0 Å². The molecule has 0 spiro atoms. The summed E-state index contributed by atoms with van der Waals surface area (Å²) in [5.74, 6) is -0.218. The van der Waals surface area contributed by atoms with E-state index in [9.17, 15) is 4.79 Å². The molecule has 0 atom stereocenters. The molecule has 0 unspecified atom stereocenters. The van der Waals surface area contributed by atoms with E-state index in [1.54, 1.807) is 49.1 Å². The van der Waals surface area contributed by atoms with Crippen molar-refractivity contribution in [3.8, 4) is 0 Å². The summed E-state index contributed by atoms with van der Waals surface area (Å²) in [7, 11) is 1.98. The van der Waals surface area contributed by atoms with E-state index in [0.717, 1.165) is 18.7 Å². The fraction of sp³-hybridized carbons (Fsp3) is 0.150. The van der Waals surface area contributed by atoms with E-state index in [4.69, 9.17) is 11.6 Å². The van der Waals surface area contributed by atoms with E-state index in [0.29, 0.717) is 16.3 Å². The lowest BCUT2D eigenvalue weighted by molar-refractivity contribution is 0.102. The Kier molecular flexibility index (Phi) is 5.81. The van der Waals surface area contributed by atoms with Crippen molar-refractivity contribution >= 4 is 28.9 Å². The number of anilines is 2. The van der Waals surface area contributed by atoms with E-state index in [2.05, 4.69) is 20.2 Å². The summed E-state index contributed by atoms with van der Waals surface area (Å²) in [5, 5.41) is 3.41. The van der Waals surface area contributed by atoms with Crippen LogP contribution in [0.4, 0.5) is 11.4 Å². The maximum absolute atomic E-state index is 12.5. The van der Waals surface area contributed by atoms with Crippen LogP contribution in [0.15, 0.2) is 67.3 Å². The van der Waals surface area contributed by atoms with Gasteiger partial charge in [0.2, 0.25) is 0 Å². The zero-order valence-electron chi connectivity index (χ0n) is 14.4. The van der Waals surface area contributed by atoms with Crippen LogP contribution in [0, 0.1) is 0 Å². The van der Waals surface area contributed by atoms with Crippen molar-refractivity contribution in [1.82, 2.24) is 9.97 Å². The number of carbonyl (C=O) groups is 1. The number of pyridine rings is 2. The second-order valence-electron chi connectivity index (χ2n) is 5.92. The Morgan fingerprint density at radius 3 is 2.69 bits per heavy atom. The van der Waals surface area contributed by atoms with Gasteiger partial charge in [-0.2, -0.15) is 0 Å². The topological polar surface area (TPSA) is 58.1 Å². The highest BCUT2D eigenvalue weighted by molar-refractivity contribution is 6.30. The number of rotatable bonds is 6. The zero-order chi connectivity index (χ0) is 18.4. The van der Waals surface area contributed by atoms with E-state index in [-0.39, 0.29) is 5.91 Å². The molecular weight excluding hydrogens is 348 g/mol. The monoisotopic (exact) mass is 366 g/mol. The first kappa shape index (κ1) is 17.9. The predicted molar refractivity (Wildman–Crippen MR) is 105 cm³/mol. The van der Waals surface area contributed by atoms with Gasteiger partial charge >= 0.3 is 0 Å². The molecule has 1 aromatic carbocycles. The molecular formula is C20H19ClN4O. The van der Waals surface area contributed by atoms with Gasteiger partial charge in [0.15, 0.2) is 0 Å². The van der Waals surface area contributed by atoms with E-state index in [1.807, 2.05) is 25.2 Å². The number of benzene rings is 1. The van der Waals surface area contributed by atoms with E-state index >= 15 is 0 Å². The van der Waals surface area contributed by atoms with Gasteiger partial charge < -0.3 is 10.2 Å². The Morgan fingerprint density at radius 1 is 1.12 bits per heavy atom. The van der Waals surface area contributed by atoms with Crippen LogP contribution in [0.25, 0.3) is 0 Å². The molecule has 3 aromatic rings. The Bertz CT molecular complexity index is 886. The van der Waals surface area contributed by atoms with Crippen molar-refractivity contribution in [1.29, 1.82) is 0 Å². The number of nitrogens with zero attached hydrogens (tertiary/aromatic N) is 3. The summed E-state index contributed by atoms with van der Waals surface area (Å²) >= 11 is 5.95. The first-order valence-electron chi connectivity index (χ1n) is 8.24.